The molecule has 0 aliphatic heterocycles. The molecule has 0 heterocycles. The molecule has 3 aromatic carbocycles. The molecular weight excluding hydrogens is 533 g/mol. The van der Waals surface area contributed by atoms with Crippen LogP contribution in [0, 0.1) is 0 Å². The Morgan fingerprint density at radius 1 is 0.865 bits per heavy atom. The lowest BCUT2D eigenvalue weighted by atomic mass is 10.1. The second-order valence-corrected chi connectivity index (χ2v) is 11.5. The first kappa shape index (κ1) is 28.5. The van der Waals surface area contributed by atoms with E-state index in [1.807, 2.05) is 13.8 Å². The molecule has 0 unspecified atom stereocenters. The molecule has 0 saturated heterocycles. The molecule has 0 aliphatic carbocycles. The second kappa shape index (κ2) is 12.4. The number of carbonyl (C=O) groups is 2. The fraction of sp³-hybridized carbons (Fsp3) is 0.259. The van der Waals surface area contributed by atoms with E-state index in [4.69, 9.17) is 23.2 Å². The van der Waals surface area contributed by atoms with Crippen molar-refractivity contribution in [3.8, 4) is 0 Å². The van der Waals surface area contributed by atoms with E-state index in [-0.39, 0.29) is 29.1 Å². The summed E-state index contributed by atoms with van der Waals surface area (Å²) in [5.74, 6) is -0.920. The smallest absolute Gasteiger partial charge is 0.264 e. The van der Waals surface area contributed by atoms with Crippen molar-refractivity contribution in [3.63, 3.8) is 0 Å². The molecule has 3 aromatic rings. The van der Waals surface area contributed by atoms with Crippen LogP contribution in [0.15, 0.2) is 83.8 Å². The van der Waals surface area contributed by atoms with Gasteiger partial charge in [0.25, 0.3) is 10.0 Å². The van der Waals surface area contributed by atoms with Crippen LogP contribution in [0.2, 0.25) is 10.0 Å². The van der Waals surface area contributed by atoms with Gasteiger partial charge in [0, 0.05) is 22.6 Å². The SMILES string of the molecule is CC(C)NC(=O)[C@H](C)N(Cc1cccc(Cl)c1)C(=O)CN(c1cccc(Cl)c1)S(=O)(=O)c1ccccc1. The van der Waals surface area contributed by atoms with Crippen LogP contribution in [0.3, 0.4) is 0 Å². The van der Waals surface area contributed by atoms with Gasteiger partial charge in [-0.05, 0) is 68.8 Å². The topological polar surface area (TPSA) is 86.8 Å². The largest absolute Gasteiger partial charge is 0.352 e. The molecule has 3 rings (SSSR count). The number of nitrogens with one attached hydrogen (secondary N) is 1. The highest BCUT2D eigenvalue weighted by atomic mass is 35.5. The zero-order valence-electron chi connectivity index (χ0n) is 20.8. The van der Waals surface area contributed by atoms with Gasteiger partial charge in [-0.1, -0.05) is 59.6 Å². The van der Waals surface area contributed by atoms with Crippen molar-refractivity contribution in [3.05, 3.63) is 94.5 Å². The molecule has 0 saturated carbocycles. The monoisotopic (exact) mass is 561 g/mol. The summed E-state index contributed by atoms with van der Waals surface area (Å²) in [5.41, 5.74) is 0.928. The number of carbonyl (C=O) groups excluding carboxylic acids is 2. The van der Waals surface area contributed by atoms with Crippen molar-refractivity contribution in [2.75, 3.05) is 10.8 Å². The van der Waals surface area contributed by atoms with Gasteiger partial charge in [0.05, 0.1) is 10.6 Å². The van der Waals surface area contributed by atoms with Gasteiger partial charge in [-0.15, -0.1) is 0 Å². The summed E-state index contributed by atoms with van der Waals surface area (Å²) in [4.78, 5) is 28.1. The Morgan fingerprint density at radius 3 is 2.08 bits per heavy atom. The first-order valence-corrected chi connectivity index (χ1v) is 13.9. The number of hydrogen-bond donors (Lipinski definition) is 1. The third-order valence-electron chi connectivity index (χ3n) is 5.55. The van der Waals surface area contributed by atoms with Gasteiger partial charge in [-0.25, -0.2) is 8.42 Å². The number of benzene rings is 3. The lowest BCUT2D eigenvalue weighted by Gasteiger charge is -2.32. The molecule has 196 valence electrons. The molecule has 1 N–H and O–H groups in total. The number of amides is 2. The van der Waals surface area contributed by atoms with Crippen molar-refractivity contribution < 1.29 is 18.0 Å². The van der Waals surface area contributed by atoms with Gasteiger partial charge in [0.1, 0.15) is 12.6 Å². The number of sulfonamides is 1. The third-order valence-corrected chi connectivity index (χ3v) is 7.80. The minimum absolute atomic E-state index is 0.0229. The van der Waals surface area contributed by atoms with Gasteiger partial charge >= 0.3 is 0 Å². The van der Waals surface area contributed by atoms with Crippen molar-refractivity contribution in [2.24, 2.45) is 0 Å². The van der Waals surface area contributed by atoms with Crippen LogP contribution in [-0.2, 0) is 26.2 Å². The van der Waals surface area contributed by atoms with E-state index in [1.165, 1.54) is 23.1 Å². The van der Waals surface area contributed by atoms with Crippen LogP contribution >= 0.6 is 23.2 Å². The number of rotatable bonds is 10. The molecule has 37 heavy (non-hydrogen) atoms. The Bertz CT molecular complexity index is 1350. The summed E-state index contributed by atoms with van der Waals surface area (Å²) in [6.45, 7) is 4.76. The number of anilines is 1. The van der Waals surface area contributed by atoms with E-state index in [0.29, 0.717) is 15.6 Å². The normalized spacial score (nSPS) is 12.2. The Hall–Kier alpha value is -3.07. The number of halogens is 2. The minimum Gasteiger partial charge on any atom is -0.352 e. The average molecular weight is 563 g/mol. The van der Waals surface area contributed by atoms with E-state index < -0.39 is 28.5 Å². The number of hydrogen-bond acceptors (Lipinski definition) is 4. The molecule has 7 nitrogen and oxygen atoms in total. The van der Waals surface area contributed by atoms with E-state index in [9.17, 15) is 18.0 Å². The van der Waals surface area contributed by atoms with Crippen molar-refractivity contribution in [1.82, 2.24) is 10.2 Å². The lowest BCUT2D eigenvalue weighted by molar-refractivity contribution is -0.139. The number of nitrogens with zero attached hydrogens (tertiary/aromatic N) is 2. The summed E-state index contributed by atoms with van der Waals surface area (Å²) in [5, 5.41) is 3.62. The Labute approximate surface area is 228 Å². The van der Waals surface area contributed by atoms with Crippen molar-refractivity contribution >= 4 is 50.7 Å². The third kappa shape index (κ3) is 7.47. The highest BCUT2D eigenvalue weighted by molar-refractivity contribution is 7.92. The zero-order valence-corrected chi connectivity index (χ0v) is 23.1. The van der Waals surface area contributed by atoms with Gasteiger partial charge in [0.15, 0.2) is 0 Å². The molecule has 10 heteroatoms. The second-order valence-electron chi connectivity index (χ2n) is 8.80. The Kier molecular flexibility index (Phi) is 9.59. The lowest BCUT2D eigenvalue weighted by Crippen LogP contribution is -2.52. The predicted molar refractivity (Wildman–Crippen MR) is 147 cm³/mol. The maximum atomic E-state index is 13.8. The van der Waals surface area contributed by atoms with Crippen LogP contribution in [0.1, 0.15) is 26.3 Å². The summed E-state index contributed by atoms with van der Waals surface area (Å²) in [6.07, 6.45) is 0. The fourth-order valence-electron chi connectivity index (χ4n) is 3.70. The van der Waals surface area contributed by atoms with E-state index in [1.54, 1.807) is 67.6 Å². The van der Waals surface area contributed by atoms with Crippen LogP contribution in [0.4, 0.5) is 5.69 Å². The Morgan fingerprint density at radius 2 is 1.49 bits per heavy atom. The zero-order chi connectivity index (χ0) is 27.2. The molecule has 0 aliphatic rings. The van der Waals surface area contributed by atoms with Gasteiger partial charge in [-0.3, -0.25) is 13.9 Å². The summed E-state index contributed by atoms with van der Waals surface area (Å²) >= 11 is 12.3. The van der Waals surface area contributed by atoms with E-state index in [2.05, 4.69) is 5.32 Å². The molecule has 0 aromatic heterocycles. The van der Waals surface area contributed by atoms with E-state index in [0.717, 1.165) is 4.31 Å². The van der Waals surface area contributed by atoms with Gasteiger partial charge in [-0.2, -0.15) is 0 Å². The molecule has 2 amide bonds. The molecule has 1 atom stereocenters. The van der Waals surface area contributed by atoms with Crippen LogP contribution in [0.5, 0.6) is 0 Å². The molecule has 0 spiro atoms. The molecule has 0 radical (unpaired) electrons. The van der Waals surface area contributed by atoms with Crippen LogP contribution in [0.25, 0.3) is 0 Å². The molecule has 0 fully saturated rings. The maximum Gasteiger partial charge on any atom is 0.264 e. The van der Waals surface area contributed by atoms with Crippen LogP contribution < -0.4 is 9.62 Å². The Balaban J connectivity index is 2.02. The van der Waals surface area contributed by atoms with Crippen LogP contribution in [-0.4, -0.2) is 43.8 Å². The van der Waals surface area contributed by atoms with Gasteiger partial charge in [0.2, 0.25) is 11.8 Å². The summed E-state index contributed by atoms with van der Waals surface area (Å²) in [7, 11) is -4.14. The van der Waals surface area contributed by atoms with Crippen molar-refractivity contribution in [1.29, 1.82) is 0 Å². The predicted octanol–water partition coefficient (Wildman–Crippen LogP) is 5.13. The van der Waals surface area contributed by atoms with E-state index >= 15 is 0 Å². The first-order chi connectivity index (χ1) is 17.5. The first-order valence-electron chi connectivity index (χ1n) is 11.7. The average Bonchev–Trinajstić information content (AvgIpc) is 2.85. The minimum atomic E-state index is -4.14. The molecule has 0 bridgehead atoms. The maximum absolute atomic E-state index is 13.8. The quantitative estimate of drug-likeness (QED) is 0.371. The van der Waals surface area contributed by atoms with Gasteiger partial charge < -0.3 is 10.2 Å². The highest BCUT2D eigenvalue weighted by Gasteiger charge is 2.32. The summed E-state index contributed by atoms with van der Waals surface area (Å²) < 4.78 is 28.3. The van der Waals surface area contributed by atoms with Crippen molar-refractivity contribution in [2.45, 2.75) is 44.3 Å². The standard InChI is InChI=1S/C27H29Cl2N3O4S/c1-19(2)30-27(34)20(3)31(17-21-9-7-10-22(28)15-21)26(33)18-32(24-12-8-11-23(29)16-24)37(35,36)25-13-5-4-6-14-25/h4-16,19-20H,17-18H2,1-3H3,(H,30,34)/t20-/m0/s1. The highest BCUT2D eigenvalue weighted by Crippen LogP contribution is 2.27. The fourth-order valence-corrected chi connectivity index (χ4v) is 5.52. The summed E-state index contributed by atoms with van der Waals surface area (Å²) in [6, 6.07) is 20.0. The molecular formula is C27H29Cl2N3O4S.